The van der Waals surface area contributed by atoms with Crippen LogP contribution in [0.3, 0.4) is 0 Å². The zero-order chi connectivity index (χ0) is 29.5. The summed E-state index contributed by atoms with van der Waals surface area (Å²) in [5.74, 6) is 1.50. The number of hydrogen-bond donors (Lipinski definition) is 2. The summed E-state index contributed by atoms with van der Waals surface area (Å²) in [5, 5.41) is 6.47. The number of nitrogens with zero attached hydrogens (tertiary/aromatic N) is 3. The molecule has 11 heteroatoms. The highest BCUT2D eigenvalue weighted by Crippen LogP contribution is 2.34. The summed E-state index contributed by atoms with van der Waals surface area (Å²) >= 11 is 1.20. The second-order valence-corrected chi connectivity index (χ2v) is 11.5. The van der Waals surface area contributed by atoms with Gasteiger partial charge < -0.3 is 20.1 Å². The van der Waals surface area contributed by atoms with Crippen LogP contribution in [0.4, 0.5) is 5.69 Å². The Morgan fingerprint density at radius 2 is 1.81 bits per heavy atom. The summed E-state index contributed by atoms with van der Waals surface area (Å²) in [4.78, 5) is 49.8. The average molecular weight is 592 g/mol. The van der Waals surface area contributed by atoms with E-state index in [1.54, 1.807) is 14.2 Å². The summed E-state index contributed by atoms with van der Waals surface area (Å²) < 4.78 is 10.6. The van der Waals surface area contributed by atoms with E-state index in [-0.39, 0.29) is 35.9 Å². The molecule has 10 nitrogen and oxygen atoms in total. The number of amidine groups is 2. The number of amides is 3. The summed E-state index contributed by atoms with van der Waals surface area (Å²) in [6.45, 7) is 0.449. The van der Waals surface area contributed by atoms with Gasteiger partial charge in [-0.15, -0.1) is 0 Å². The maximum Gasteiger partial charge on any atom is 0.259 e. The van der Waals surface area contributed by atoms with Crippen LogP contribution in [0.2, 0.25) is 0 Å². The van der Waals surface area contributed by atoms with Crippen molar-refractivity contribution < 1.29 is 23.9 Å². The lowest BCUT2D eigenvalue weighted by molar-refractivity contribution is -0.125. The molecule has 0 bridgehead atoms. The molecule has 0 saturated heterocycles. The van der Waals surface area contributed by atoms with Crippen molar-refractivity contribution in [1.29, 1.82) is 0 Å². The Kier molecular flexibility index (Phi) is 9.78. The van der Waals surface area contributed by atoms with Gasteiger partial charge in [0.05, 0.1) is 25.7 Å². The molecule has 2 N–H and O–H groups in total. The lowest BCUT2D eigenvalue weighted by Crippen LogP contribution is -2.42. The van der Waals surface area contributed by atoms with Crippen LogP contribution in [0.25, 0.3) is 0 Å². The van der Waals surface area contributed by atoms with Crippen molar-refractivity contribution in [3.8, 4) is 11.5 Å². The first kappa shape index (κ1) is 29.6. The predicted molar refractivity (Wildman–Crippen MR) is 164 cm³/mol. The van der Waals surface area contributed by atoms with E-state index in [2.05, 4.69) is 10.6 Å². The van der Waals surface area contributed by atoms with Gasteiger partial charge in [-0.05, 0) is 55.5 Å². The van der Waals surface area contributed by atoms with Crippen molar-refractivity contribution in [3.63, 3.8) is 0 Å². The van der Waals surface area contributed by atoms with Gasteiger partial charge in [0.1, 0.15) is 11.9 Å². The standard InChI is InChI=1S/C31H37N5O5S/c1-40-25-14-12-20(18-26(25)41-2)16-17-32-28(38)19-42-31-35-23-11-7-6-10-22(23)29-34-24(30(39)36(29)31)13-15-27(37)33-21-8-4-3-5-9-21/h6-7,10-12,14,18,21,24H,3-5,8-9,13,15-17,19H2,1-2H3,(H,32,38)(H,33,37)/t24-/m1/s1. The second kappa shape index (κ2) is 13.9. The van der Waals surface area contributed by atoms with Crippen LogP contribution < -0.4 is 20.1 Å². The number of nitrogens with one attached hydrogen (secondary N) is 2. The number of thioether (sulfide) groups is 1. The van der Waals surface area contributed by atoms with Crippen LogP contribution in [0.1, 0.15) is 56.1 Å². The first-order chi connectivity index (χ1) is 20.5. The fourth-order valence-electron chi connectivity index (χ4n) is 5.47. The fraction of sp³-hybridized carbons (Fsp3) is 0.452. The molecule has 5 rings (SSSR count). The largest absolute Gasteiger partial charge is 0.493 e. The Bertz CT molecular complexity index is 1390. The van der Waals surface area contributed by atoms with Gasteiger partial charge >= 0.3 is 0 Å². The van der Waals surface area contributed by atoms with Crippen molar-refractivity contribution in [1.82, 2.24) is 15.5 Å². The van der Waals surface area contributed by atoms with Crippen LogP contribution in [0.5, 0.6) is 11.5 Å². The van der Waals surface area contributed by atoms with Crippen LogP contribution >= 0.6 is 11.8 Å². The zero-order valence-electron chi connectivity index (χ0n) is 24.1. The highest BCUT2D eigenvalue weighted by Gasteiger charge is 2.41. The highest BCUT2D eigenvalue weighted by molar-refractivity contribution is 8.14. The number of hydrogen-bond acceptors (Lipinski definition) is 8. The third-order valence-corrected chi connectivity index (χ3v) is 8.62. The number of methoxy groups -OCH3 is 2. The van der Waals surface area contributed by atoms with Crippen molar-refractivity contribution in [3.05, 3.63) is 53.6 Å². The molecule has 2 heterocycles. The minimum absolute atomic E-state index is 0.0341. The Balaban J connectivity index is 1.17. The van der Waals surface area contributed by atoms with E-state index in [0.717, 1.165) is 36.8 Å². The Morgan fingerprint density at radius 1 is 1.02 bits per heavy atom. The summed E-state index contributed by atoms with van der Waals surface area (Å²) in [7, 11) is 3.18. The minimum Gasteiger partial charge on any atom is -0.493 e. The molecule has 222 valence electrons. The molecule has 1 saturated carbocycles. The van der Waals surface area contributed by atoms with Crippen molar-refractivity contribution in [2.45, 2.75) is 63.5 Å². The second-order valence-electron chi connectivity index (χ2n) is 10.6. The van der Waals surface area contributed by atoms with E-state index in [1.807, 2.05) is 42.5 Å². The quantitative estimate of drug-likeness (QED) is 0.408. The Morgan fingerprint density at radius 3 is 2.60 bits per heavy atom. The molecule has 42 heavy (non-hydrogen) atoms. The molecule has 2 aromatic carbocycles. The van der Waals surface area contributed by atoms with Gasteiger partial charge in [0, 0.05) is 24.6 Å². The van der Waals surface area contributed by atoms with Gasteiger partial charge in [-0.1, -0.05) is 49.2 Å². The molecule has 1 atom stereocenters. The lowest BCUT2D eigenvalue weighted by atomic mass is 9.95. The normalized spacial score (nSPS) is 18.0. The Hall–Kier alpha value is -3.86. The van der Waals surface area contributed by atoms with E-state index >= 15 is 0 Å². The monoisotopic (exact) mass is 591 g/mol. The molecule has 3 aliphatic rings. The third kappa shape index (κ3) is 6.95. The van der Waals surface area contributed by atoms with Crippen LogP contribution in [-0.2, 0) is 20.8 Å². The van der Waals surface area contributed by atoms with Gasteiger partial charge in [0.2, 0.25) is 11.8 Å². The maximum atomic E-state index is 13.5. The zero-order valence-corrected chi connectivity index (χ0v) is 24.9. The van der Waals surface area contributed by atoms with E-state index in [4.69, 9.17) is 19.5 Å². The molecular formula is C31H37N5O5S. The topological polar surface area (TPSA) is 122 Å². The average Bonchev–Trinajstić information content (AvgIpc) is 3.35. The van der Waals surface area contributed by atoms with E-state index in [1.165, 1.54) is 23.1 Å². The highest BCUT2D eigenvalue weighted by atomic mass is 32.2. The molecular weight excluding hydrogens is 554 g/mol. The molecule has 2 aliphatic heterocycles. The molecule has 1 aliphatic carbocycles. The summed E-state index contributed by atoms with van der Waals surface area (Å²) in [6.07, 6.45) is 6.73. The number of carbonyl (C=O) groups is 3. The number of rotatable bonds is 11. The van der Waals surface area contributed by atoms with Crippen molar-refractivity contribution >= 4 is 46.2 Å². The van der Waals surface area contributed by atoms with Gasteiger partial charge in [-0.2, -0.15) is 0 Å². The van der Waals surface area contributed by atoms with E-state index < -0.39 is 6.04 Å². The number of ether oxygens (including phenoxy) is 2. The van der Waals surface area contributed by atoms with Crippen molar-refractivity contribution in [2.75, 3.05) is 26.5 Å². The minimum atomic E-state index is -0.663. The lowest BCUT2D eigenvalue weighted by Gasteiger charge is -2.25. The van der Waals surface area contributed by atoms with Crippen LogP contribution in [-0.4, -0.2) is 72.2 Å². The maximum absolute atomic E-state index is 13.5. The first-order valence-electron chi connectivity index (χ1n) is 14.5. The molecule has 0 unspecified atom stereocenters. The van der Waals surface area contributed by atoms with Gasteiger partial charge in [0.25, 0.3) is 5.91 Å². The van der Waals surface area contributed by atoms with Gasteiger partial charge in [-0.25, -0.2) is 9.89 Å². The molecule has 1 fully saturated rings. The molecule has 3 amide bonds. The number of para-hydroxylation sites is 1. The number of benzene rings is 2. The summed E-state index contributed by atoms with van der Waals surface area (Å²) in [6, 6.07) is 12.8. The third-order valence-electron chi connectivity index (χ3n) is 7.68. The SMILES string of the molecule is COc1ccc(CCNC(=O)CSC2=Nc3ccccc3C3=N[C@H](CCC(=O)NC4CCCCC4)C(=O)N23)cc1OC. The molecule has 0 spiro atoms. The number of carbonyl (C=O) groups excluding carboxylic acids is 3. The molecule has 0 radical (unpaired) electrons. The smallest absolute Gasteiger partial charge is 0.259 e. The van der Waals surface area contributed by atoms with Crippen LogP contribution in [0, 0.1) is 0 Å². The number of fused-ring (bicyclic) bond motifs is 3. The first-order valence-corrected chi connectivity index (χ1v) is 15.4. The number of aliphatic imine (C=N–C) groups is 2. The van der Waals surface area contributed by atoms with Crippen molar-refractivity contribution in [2.24, 2.45) is 9.98 Å². The predicted octanol–water partition coefficient (Wildman–Crippen LogP) is 3.98. The fourth-order valence-corrected chi connectivity index (χ4v) is 6.30. The van der Waals surface area contributed by atoms with E-state index in [9.17, 15) is 14.4 Å². The Labute approximate surface area is 250 Å². The van der Waals surface area contributed by atoms with Gasteiger partial charge in [-0.3, -0.25) is 19.4 Å². The van der Waals surface area contributed by atoms with E-state index in [0.29, 0.717) is 47.6 Å². The van der Waals surface area contributed by atoms with Gasteiger partial charge in [0.15, 0.2) is 16.7 Å². The summed E-state index contributed by atoms with van der Waals surface area (Å²) in [5.41, 5.74) is 2.48. The molecule has 2 aromatic rings. The molecule has 0 aromatic heterocycles. The van der Waals surface area contributed by atoms with Crippen LogP contribution in [0.15, 0.2) is 52.4 Å².